The van der Waals surface area contributed by atoms with Gasteiger partial charge in [0.05, 0.1) is 12.6 Å². The zero-order valence-electron chi connectivity index (χ0n) is 10.3. The zero-order valence-corrected chi connectivity index (χ0v) is 10.3. The normalized spacial score (nSPS) is 12.3. The van der Waals surface area contributed by atoms with Gasteiger partial charge in [-0.25, -0.2) is 0 Å². The SMILES string of the molecule is Cc1cccc(C)c1C(=O)N(C)C(C)CO. The number of rotatable bonds is 3. The molecule has 1 atom stereocenters. The summed E-state index contributed by atoms with van der Waals surface area (Å²) in [6.07, 6.45) is 0. The Morgan fingerprint density at radius 1 is 1.38 bits per heavy atom. The highest BCUT2D eigenvalue weighted by Crippen LogP contribution is 2.16. The third kappa shape index (κ3) is 2.42. The molecule has 1 rings (SSSR count). The van der Waals surface area contributed by atoms with Crippen molar-refractivity contribution in [1.29, 1.82) is 0 Å². The molecule has 0 saturated heterocycles. The van der Waals surface area contributed by atoms with Crippen molar-refractivity contribution in [2.75, 3.05) is 13.7 Å². The van der Waals surface area contributed by atoms with E-state index < -0.39 is 0 Å². The van der Waals surface area contributed by atoms with Gasteiger partial charge in [-0.05, 0) is 31.9 Å². The molecule has 1 amide bonds. The zero-order chi connectivity index (χ0) is 12.3. The van der Waals surface area contributed by atoms with E-state index in [1.807, 2.05) is 39.0 Å². The Balaban J connectivity index is 3.05. The van der Waals surface area contributed by atoms with Crippen molar-refractivity contribution in [3.63, 3.8) is 0 Å². The van der Waals surface area contributed by atoms with Crippen LogP contribution in [0.15, 0.2) is 18.2 Å². The lowest BCUT2D eigenvalue weighted by atomic mass is 10.0. The summed E-state index contributed by atoms with van der Waals surface area (Å²) in [5, 5.41) is 9.05. The smallest absolute Gasteiger partial charge is 0.254 e. The fraction of sp³-hybridized carbons (Fsp3) is 0.462. The number of carbonyl (C=O) groups excluding carboxylic acids is 1. The van der Waals surface area contributed by atoms with Crippen molar-refractivity contribution in [2.24, 2.45) is 0 Å². The molecule has 0 fully saturated rings. The van der Waals surface area contributed by atoms with Gasteiger partial charge in [-0.15, -0.1) is 0 Å². The highest BCUT2D eigenvalue weighted by Gasteiger charge is 2.19. The first kappa shape index (κ1) is 12.7. The van der Waals surface area contributed by atoms with Crippen molar-refractivity contribution in [1.82, 2.24) is 4.90 Å². The van der Waals surface area contributed by atoms with Gasteiger partial charge in [-0.2, -0.15) is 0 Å². The lowest BCUT2D eigenvalue weighted by Gasteiger charge is -2.24. The van der Waals surface area contributed by atoms with E-state index in [-0.39, 0.29) is 18.6 Å². The van der Waals surface area contributed by atoms with Gasteiger partial charge >= 0.3 is 0 Å². The summed E-state index contributed by atoms with van der Waals surface area (Å²) < 4.78 is 0. The predicted octanol–water partition coefficient (Wildman–Crippen LogP) is 1.76. The number of nitrogens with zero attached hydrogens (tertiary/aromatic N) is 1. The fourth-order valence-electron chi connectivity index (χ4n) is 1.65. The number of aryl methyl sites for hydroxylation is 2. The van der Waals surface area contributed by atoms with Gasteiger partial charge in [0.1, 0.15) is 0 Å². The van der Waals surface area contributed by atoms with E-state index in [9.17, 15) is 4.79 Å². The highest BCUT2D eigenvalue weighted by atomic mass is 16.3. The summed E-state index contributed by atoms with van der Waals surface area (Å²) in [7, 11) is 1.72. The molecule has 1 N–H and O–H groups in total. The molecule has 0 radical (unpaired) electrons. The molecule has 3 heteroatoms. The highest BCUT2D eigenvalue weighted by molar-refractivity contribution is 5.97. The Kier molecular flexibility index (Phi) is 4.07. The van der Waals surface area contributed by atoms with Crippen LogP contribution in [0.5, 0.6) is 0 Å². The summed E-state index contributed by atoms with van der Waals surface area (Å²) >= 11 is 0. The van der Waals surface area contributed by atoms with Crippen LogP contribution < -0.4 is 0 Å². The monoisotopic (exact) mass is 221 g/mol. The molecule has 3 nitrogen and oxygen atoms in total. The third-order valence-electron chi connectivity index (χ3n) is 2.94. The van der Waals surface area contributed by atoms with Gasteiger partial charge in [0.15, 0.2) is 0 Å². The summed E-state index contributed by atoms with van der Waals surface area (Å²) in [6, 6.07) is 5.64. The van der Waals surface area contributed by atoms with E-state index >= 15 is 0 Å². The van der Waals surface area contributed by atoms with Gasteiger partial charge < -0.3 is 10.0 Å². The number of aliphatic hydroxyl groups is 1. The molecular weight excluding hydrogens is 202 g/mol. The average Bonchev–Trinajstić information content (AvgIpc) is 2.26. The molecular formula is C13H19NO2. The van der Waals surface area contributed by atoms with Crippen molar-refractivity contribution in [3.05, 3.63) is 34.9 Å². The van der Waals surface area contributed by atoms with Crippen LogP contribution in [0.4, 0.5) is 0 Å². The van der Waals surface area contributed by atoms with Crippen molar-refractivity contribution < 1.29 is 9.90 Å². The van der Waals surface area contributed by atoms with Gasteiger partial charge in [-0.1, -0.05) is 18.2 Å². The maximum atomic E-state index is 12.2. The summed E-state index contributed by atoms with van der Waals surface area (Å²) in [4.78, 5) is 13.8. The van der Waals surface area contributed by atoms with Crippen LogP contribution in [-0.2, 0) is 0 Å². The van der Waals surface area contributed by atoms with Crippen molar-refractivity contribution >= 4 is 5.91 Å². The number of hydrogen-bond acceptors (Lipinski definition) is 2. The second-order valence-corrected chi connectivity index (χ2v) is 4.21. The van der Waals surface area contributed by atoms with E-state index in [4.69, 9.17) is 5.11 Å². The topological polar surface area (TPSA) is 40.5 Å². The predicted molar refractivity (Wildman–Crippen MR) is 64.6 cm³/mol. The molecule has 1 aromatic carbocycles. The van der Waals surface area contributed by atoms with Crippen molar-refractivity contribution in [2.45, 2.75) is 26.8 Å². The Hall–Kier alpha value is -1.35. The van der Waals surface area contributed by atoms with Crippen LogP contribution >= 0.6 is 0 Å². The first-order valence-electron chi connectivity index (χ1n) is 5.43. The fourth-order valence-corrected chi connectivity index (χ4v) is 1.65. The molecule has 0 aromatic heterocycles. The van der Waals surface area contributed by atoms with Crippen molar-refractivity contribution in [3.8, 4) is 0 Å². The number of aliphatic hydroxyl groups excluding tert-OH is 1. The molecule has 0 aliphatic carbocycles. The molecule has 0 saturated carbocycles. The Morgan fingerprint density at radius 2 is 1.88 bits per heavy atom. The third-order valence-corrected chi connectivity index (χ3v) is 2.94. The van der Waals surface area contributed by atoms with Crippen LogP contribution in [0.2, 0.25) is 0 Å². The molecule has 0 bridgehead atoms. The minimum absolute atomic E-state index is 0.0207. The van der Waals surface area contributed by atoms with E-state index in [1.165, 1.54) is 0 Å². The first-order chi connectivity index (χ1) is 7.49. The van der Waals surface area contributed by atoms with Crippen LogP contribution in [0, 0.1) is 13.8 Å². The van der Waals surface area contributed by atoms with Crippen LogP contribution in [-0.4, -0.2) is 35.6 Å². The molecule has 88 valence electrons. The summed E-state index contributed by atoms with van der Waals surface area (Å²) in [5.41, 5.74) is 2.69. The number of carbonyl (C=O) groups is 1. The lowest BCUT2D eigenvalue weighted by molar-refractivity contribution is 0.0680. The minimum atomic E-state index is -0.161. The molecule has 1 unspecified atom stereocenters. The van der Waals surface area contributed by atoms with Gasteiger partial charge in [-0.3, -0.25) is 4.79 Å². The van der Waals surface area contributed by atoms with Gasteiger partial charge in [0.25, 0.3) is 5.91 Å². The molecule has 0 spiro atoms. The maximum Gasteiger partial charge on any atom is 0.254 e. The number of amides is 1. The Bertz CT molecular complexity index is 367. The average molecular weight is 221 g/mol. The Morgan fingerprint density at radius 3 is 2.31 bits per heavy atom. The first-order valence-corrected chi connectivity index (χ1v) is 5.43. The molecule has 1 aromatic rings. The number of hydrogen-bond donors (Lipinski definition) is 1. The van der Waals surface area contributed by atoms with E-state index in [1.54, 1.807) is 11.9 Å². The largest absolute Gasteiger partial charge is 0.394 e. The van der Waals surface area contributed by atoms with Gasteiger partial charge in [0, 0.05) is 12.6 Å². The molecule has 0 aliphatic rings. The molecule has 16 heavy (non-hydrogen) atoms. The second kappa shape index (κ2) is 5.12. The van der Waals surface area contributed by atoms with Crippen LogP contribution in [0.1, 0.15) is 28.4 Å². The number of likely N-dealkylation sites (N-methyl/N-ethyl adjacent to an activating group) is 1. The van der Waals surface area contributed by atoms with Crippen LogP contribution in [0.3, 0.4) is 0 Å². The molecule has 0 aliphatic heterocycles. The van der Waals surface area contributed by atoms with Gasteiger partial charge in [0.2, 0.25) is 0 Å². The number of benzene rings is 1. The summed E-state index contributed by atoms with van der Waals surface area (Å²) in [5.74, 6) is -0.0304. The maximum absolute atomic E-state index is 12.2. The van der Waals surface area contributed by atoms with Crippen LogP contribution in [0.25, 0.3) is 0 Å². The second-order valence-electron chi connectivity index (χ2n) is 4.21. The Labute approximate surface area is 96.7 Å². The van der Waals surface area contributed by atoms with E-state index in [0.29, 0.717) is 0 Å². The summed E-state index contributed by atoms with van der Waals surface area (Å²) in [6.45, 7) is 5.66. The molecule has 0 heterocycles. The quantitative estimate of drug-likeness (QED) is 0.845. The lowest BCUT2D eigenvalue weighted by Crippen LogP contribution is -2.37. The van der Waals surface area contributed by atoms with E-state index in [0.717, 1.165) is 16.7 Å². The standard InChI is InChI=1S/C13H19NO2/c1-9-6-5-7-10(2)12(9)13(16)14(4)11(3)8-15/h5-7,11,15H,8H2,1-4H3. The minimum Gasteiger partial charge on any atom is -0.394 e. The van der Waals surface area contributed by atoms with E-state index in [2.05, 4.69) is 0 Å².